The van der Waals surface area contributed by atoms with Gasteiger partial charge in [-0.15, -0.1) is 5.10 Å². The Morgan fingerprint density at radius 2 is 2.00 bits per heavy atom. The SMILES string of the molecule is CC(c1ccc(S(N)(=O)=O)cc1)N(C)Cc1nnsc1Cl. The molecule has 0 fully saturated rings. The highest BCUT2D eigenvalue weighted by Gasteiger charge is 2.16. The number of rotatable bonds is 5. The number of hydrogen-bond acceptors (Lipinski definition) is 6. The Kier molecular flexibility index (Phi) is 4.95. The second-order valence-corrected chi connectivity index (χ2v) is 7.62. The number of sulfonamides is 1. The van der Waals surface area contributed by atoms with Crippen molar-refractivity contribution in [1.29, 1.82) is 0 Å². The molecule has 2 aromatic rings. The van der Waals surface area contributed by atoms with Crippen LogP contribution in [0.25, 0.3) is 0 Å². The zero-order valence-electron chi connectivity index (χ0n) is 11.5. The fourth-order valence-corrected chi connectivity index (χ4v) is 2.98. The van der Waals surface area contributed by atoms with E-state index in [1.807, 2.05) is 14.0 Å². The highest BCUT2D eigenvalue weighted by molar-refractivity contribution is 7.89. The molecule has 114 valence electrons. The van der Waals surface area contributed by atoms with Gasteiger partial charge in [0.05, 0.1) is 4.90 Å². The Hall–Kier alpha value is -1.06. The average Bonchev–Trinajstić information content (AvgIpc) is 2.82. The molecule has 2 N–H and O–H groups in total. The van der Waals surface area contributed by atoms with Crippen LogP contribution in [0.15, 0.2) is 29.2 Å². The number of nitrogens with zero attached hydrogens (tertiary/aromatic N) is 3. The summed E-state index contributed by atoms with van der Waals surface area (Å²) in [5.41, 5.74) is 1.71. The van der Waals surface area contributed by atoms with Crippen molar-refractivity contribution in [3.8, 4) is 0 Å². The topological polar surface area (TPSA) is 89.2 Å². The van der Waals surface area contributed by atoms with E-state index in [9.17, 15) is 8.42 Å². The van der Waals surface area contributed by atoms with Crippen LogP contribution in [0.2, 0.25) is 4.34 Å². The van der Waals surface area contributed by atoms with Gasteiger partial charge in [-0.25, -0.2) is 13.6 Å². The molecule has 0 aliphatic heterocycles. The summed E-state index contributed by atoms with van der Waals surface area (Å²) in [6.45, 7) is 2.58. The molecule has 1 unspecified atom stereocenters. The minimum atomic E-state index is -3.66. The van der Waals surface area contributed by atoms with E-state index in [-0.39, 0.29) is 10.9 Å². The molecule has 0 saturated heterocycles. The van der Waals surface area contributed by atoms with Crippen molar-refractivity contribution >= 4 is 33.2 Å². The Morgan fingerprint density at radius 1 is 1.38 bits per heavy atom. The fourth-order valence-electron chi connectivity index (χ4n) is 1.85. The minimum absolute atomic E-state index is 0.0669. The number of hydrogen-bond donors (Lipinski definition) is 1. The molecule has 0 aliphatic rings. The van der Waals surface area contributed by atoms with Gasteiger partial charge in [0.15, 0.2) is 0 Å². The lowest BCUT2D eigenvalue weighted by molar-refractivity contribution is 0.250. The van der Waals surface area contributed by atoms with Gasteiger partial charge in [0.25, 0.3) is 0 Å². The number of aromatic nitrogens is 2. The number of benzene rings is 1. The maximum Gasteiger partial charge on any atom is 0.238 e. The molecule has 1 atom stereocenters. The molecular formula is C12H15ClN4O2S2. The molecule has 9 heteroatoms. The van der Waals surface area contributed by atoms with Gasteiger partial charge in [-0.05, 0) is 31.7 Å². The van der Waals surface area contributed by atoms with Crippen LogP contribution >= 0.6 is 23.1 Å². The van der Waals surface area contributed by atoms with Crippen LogP contribution in [0.3, 0.4) is 0 Å². The van der Waals surface area contributed by atoms with Crippen LogP contribution in [-0.2, 0) is 16.6 Å². The maximum atomic E-state index is 11.2. The lowest BCUT2D eigenvalue weighted by atomic mass is 10.1. The van der Waals surface area contributed by atoms with Crippen molar-refractivity contribution in [2.75, 3.05) is 7.05 Å². The monoisotopic (exact) mass is 346 g/mol. The summed E-state index contributed by atoms with van der Waals surface area (Å²) in [6, 6.07) is 6.58. The van der Waals surface area contributed by atoms with Crippen molar-refractivity contribution < 1.29 is 8.42 Å². The molecule has 0 bridgehead atoms. The van der Waals surface area contributed by atoms with Gasteiger partial charge in [0.1, 0.15) is 10.0 Å². The number of primary sulfonamides is 1. The number of halogens is 1. The predicted octanol–water partition coefficient (Wildman–Crippen LogP) is 2.03. The van der Waals surface area contributed by atoms with Crippen LogP contribution in [0.5, 0.6) is 0 Å². The summed E-state index contributed by atoms with van der Waals surface area (Å²) in [6.07, 6.45) is 0. The highest BCUT2D eigenvalue weighted by Crippen LogP contribution is 2.24. The largest absolute Gasteiger partial charge is 0.294 e. The van der Waals surface area contributed by atoms with Crippen LogP contribution in [0.1, 0.15) is 24.2 Å². The van der Waals surface area contributed by atoms with Gasteiger partial charge in [-0.2, -0.15) is 0 Å². The van der Waals surface area contributed by atoms with Gasteiger partial charge < -0.3 is 0 Å². The van der Waals surface area contributed by atoms with Crippen molar-refractivity contribution in [3.63, 3.8) is 0 Å². The van der Waals surface area contributed by atoms with E-state index in [1.54, 1.807) is 12.1 Å². The predicted molar refractivity (Wildman–Crippen MR) is 82.6 cm³/mol. The molecule has 0 aliphatic carbocycles. The first-order valence-electron chi connectivity index (χ1n) is 6.09. The van der Waals surface area contributed by atoms with Gasteiger partial charge in [-0.3, -0.25) is 4.90 Å². The summed E-state index contributed by atoms with van der Waals surface area (Å²) in [5, 5.41) is 9.06. The van der Waals surface area contributed by atoms with Gasteiger partial charge >= 0.3 is 0 Å². The normalized spacial score (nSPS) is 13.6. The Labute approximate surface area is 132 Å². The first kappa shape index (κ1) is 16.3. The highest BCUT2D eigenvalue weighted by atomic mass is 35.5. The molecule has 0 amide bonds. The summed E-state index contributed by atoms with van der Waals surface area (Å²) in [4.78, 5) is 2.15. The van der Waals surface area contributed by atoms with E-state index in [0.29, 0.717) is 10.9 Å². The van der Waals surface area contributed by atoms with Crippen molar-refractivity contribution in [2.45, 2.75) is 24.4 Å². The standard InChI is InChI=1S/C12H15ClN4O2S2/c1-8(17(2)7-11-12(13)20-16-15-11)9-3-5-10(6-4-9)21(14,18)19/h3-6,8H,7H2,1-2H3,(H2,14,18,19). The van der Waals surface area contributed by atoms with Gasteiger partial charge in [0, 0.05) is 24.1 Å². The van der Waals surface area contributed by atoms with Crippen LogP contribution < -0.4 is 5.14 Å². The second-order valence-electron chi connectivity index (χ2n) is 4.70. The van der Waals surface area contributed by atoms with Crippen LogP contribution in [0, 0.1) is 0 Å². The molecule has 1 aromatic heterocycles. The van der Waals surface area contributed by atoms with E-state index in [4.69, 9.17) is 16.7 Å². The Morgan fingerprint density at radius 3 is 2.48 bits per heavy atom. The molecule has 1 aromatic carbocycles. The van der Waals surface area contributed by atoms with Gasteiger partial charge in [0.2, 0.25) is 10.0 Å². The van der Waals surface area contributed by atoms with Crippen molar-refractivity contribution in [3.05, 3.63) is 39.9 Å². The average molecular weight is 347 g/mol. The summed E-state index contributed by atoms with van der Waals surface area (Å²) in [7, 11) is -1.72. The van der Waals surface area contributed by atoms with Crippen molar-refractivity contribution in [1.82, 2.24) is 14.5 Å². The van der Waals surface area contributed by atoms with E-state index in [2.05, 4.69) is 14.5 Å². The van der Waals surface area contributed by atoms with Crippen LogP contribution in [0.4, 0.5) is 0 Å². The Balaban J connectivity index is 2.12. The zero-order chi connectivity index (χ0) is 15.6. The minimum Gasteiger partial charge on any atom is -0.294 e. The Bertz CT molecular complexity index is 715. The fraction of sp³-hybridized carbons (Fsp3) is 0.333. The number of nitrogens with two attached hydrogens (primary N) is 1. The molecule has 0 radical (unpaired) electrons. The lowest BCUT2D eigenvalue weighted by Gasteiger charge is -2.24. The van der Waals surface area contributed by atoms with E-state index < -0.39 is 10.0 Å². The van der Waals surface area contributed by atoms with Crippen LogP contribution in [-0.4, -0.2) is 30.0 Å². The van der Waals surface area contributed by atoms with Crippen molar-refractivity contribution in [2.24, 2.45) is 5.14 Å². The molecule has 0 spiro atoms. The lowest BCUT2D eigenvalue weighted by Crippen LogP contribution is -2.22. The third kappa shape index (κ3) is 3.98. The molecule has 2 rings (SSSR count). The third-order valence-corrected chi connectivity index (χ3v) is 5.17. The first-order chi connectivity index (χ1) is 9.79. The quantitative estimate of drug-likeness (QED) is 0.894. The second kappa shape index (κ2) is 6.37. The smallest absolute Gasteiger partial charge is 0.238 e. The maximum absolute atomic E-state index is 11.2. The molecule has 21 heavy (non-hydrogen) atoms. The van der Waals surface area contributed by atoms with Gasteiger partial charge in [-0.1, -0.05) is 28.2 Å². The molecule has 1 heterocycles. The zero-order valence-corrected chi connectivity index (χ0v) is 13.9. The first-order valence-corrected chi connectivity index (χ1v) is 8.78. The molecule has 6 nitrogen and oxygen atoms in total. The summed E-state index contributed by atoms with van der Waals surface area (Å²) < 4.78 is 26.9. The summed E-state index contributed by atoms with van der Waals surface area (Å²) in [5.74, 6) is 0. The molecule has 0 saturated carbocycles. The molecular weight excluding hydrogens is 332 g/mol. The summed E-state index contributed by atoms with van der Waals surface area (Å²) >= 11 is 7.15. The van der Waals surface area contributed by atoms with E-state index in [0.717, 1.165) is 22.8 Å². The van der Waals surface area contributed by atoms with E-state index in [1.165, 1.54) is 12.1 Å². The third-order valence-electron chi connectivity index (χ3n) is 3.26. The van der Waals surface area contributed by atoms with E-state index >= 15 is 0 Å².